The molecule has 5 nitrogen and oxygen atoms in total. The average molecular weight is 255 g/mol. The lowest BCUT2D eigenvalue weighted by molar-refractivity contribution is 0.0689. The second kappa shape index (κ2) is 4.80. The first-order valence-electron chi connectivity index (χ1n) is 5.56. The first-order valence-corrected chi connectivity index (χ1v) is 5.56. The topological polar surface area (TPSA) is 68.7 Å². The van der Waals surface area contributed by atoms with Gasteiger partial charge in [0.2, 0.25) is 0 Å². The van der Waals surface area contributed by atoms with Gasteiger partial charge in [-0.25, -0.2) is 9.78 Å². The number of aromatic carboxylic acids is 1. The Morgan fingerprint density at radius 1 is 1.56 bits per heavy atom. The van der Waals surface area contributed by atoms with E-state index in [1.807, 2.05) is 0 Å². The summed E-state index contributed by atoms with van der Waals surface area (Å²) in [6.45, 7) is -0.149. The Labute approximate surface area is 104 Å². The van der Waals surface area contributed by atoms with Crippen molar-refractivity contribution in [2.45, 2.75) is 12.8 Å². The van der Waals surface area contributed by atoms with E-state index in [1.165, 1.54) is 19.4 Å². The molecule has 0 saturated heterocycles. The fourth-order valence-corrected chi connectivity index (χ4v) is 1.53. The molecule has 0 unspecified atom stereocenters. The number of methoxy groups -OCH3 is 1. The molecule has 0 aliphatic heterocycles. The number of pyridine rings is 1. The van der Waals surface area contributed by atoms with E-state index in [0.717, 1.165) is 12.8 Å². The summed E-state index contributed by atoms with van der Waals surface area (Å²) in [5.41, 5.74) is -0.484. The maximum Gasteiger partial charge on any atom is 0.354 e. The highest BCUT2D eigenvalue weighted by molar-refractivity contribution is 5.86. The molecule has 0 radical (unpaired) electrons. The molecule has 1 aliphatic carbocycles. The molecule has 18 heavy (non-hydrogen) atoms. The van der Waals surface area contributed by atoms with Gasteiger partial charge in [0.05, 0.1) is 26.6 Å². The Morgan fingerprint density at radius 2 is 2.28 bits per heavy atom. The zero-order valence-corrected chi connectivity index (χ0v) is 9.98. The number of carboxylic acids is 1. The Bertz CT molecular complexity index is 459. The number of hydrogen-bond donors (Lipinski definition) is 1. The molecule has 1 saturated carbocycles. The molecular formula is C12H14FNO4. The van der Waals surface area contributed by atoms with E-state index in [9.17, 15) is 9.18 Å². The number of halogens is 1. The van der Waals surface area contributed by atoms with Crippen molar-refractivity contribution in [2.24, 2.45) is 5.41 Å². The second-order valence-corrected chi connectivity index (χ2v) is 4.45. The van der Waals surface area contributed by atoms with Gasteiger partial charge in [-0.1, -0.05) is 0 Å². The van der Waals surface area contributed by atoms with Crippen molar-refractivity contribution in [1.29, 1.82) is 0 Å². The molecule has 1 heterocycles. The number of rotatable bonds is 6. The summed E-state index contributed by atoms with van der Waals surface area (Å²) in [6, 6.07) is 1.28. The molecule has 0 amide bonds. The molecule has 0 atom stereocenters. The second-order valence-electron chi connectivity index (χ2n) is 4.45. The molecule has 1 fully saturated rings. The minimum absolute atomic E-state index is 0.120. The van der Waals surface area contributed by atoms with Crippen LogP contribution < -0.4 is 9.47 Å². The van der Waals surface area contributed by atoms with E-state index >= 15 is 0 Å². The molecule has 0 spiro atoms. The summed E-state index contributed by atoms with van der Waals surface area (Å²) in [5.74, 6) is -0.512. The maximum atomic E-state index is 12.7. The molecule has 1 aromatic rings. The monoisotopic (exact) mass is 255 g/mol. The van der Waals surface area contributed by atoms with Crippen LogP contribution in [0.3, 0.4) is 0 Å². The van der Waals surface area contributed by atoms with E-state index in [2.05, 4.69) is 4.98 Å². The van der Waals surface area contributed by atoms with E-state index in [-0.39, 0.29) is 23.5 Å². The SMILES string of the molecule is COc1cc(C(=O)O)ncc1OCC1(CF)CC1. The summed E-state index contributed by atoms with van der Waals surface area (Å²) in [7, 11) is 1.41. The van der Waals surface area contributed by atoms with E-state index in [0.29, 0.717) is 5.75 Å². The van der Waals surface area contributed by atoms with Crippen molar-refractivity contribution < 1.29 is 23.8 Å². The van der Waals surface area contributed by atoms with Gasteiger partial charge in [-0.15, -0.1) is 0 Å². The zero-order chi connectivity index (χ0) is 13.2. The lowest BCUT2D eigenvalue weighted by Crippen LogP contribution is -2.15. The third kappa shape index (κ3) is 2.52. The van der Waals surface area contributed by atoms with Gasteiger partial charge in [-0.2, -0.15) is 0 Å². The van der Waals surface area contributed by atoms with Crippen LogP contribution in [0.2, 0.25) is 0 Å². The highest BCUT2D eigenvalue weighted by Gasteiger charge is 2.44. The molecule has 0 aromatic carbocycles. The minimum atomic E-state index is -1.14. The van der Waals surface area contributed by atoms with E-state index in [4.69, 9.17) is 14.6 Å². The molecule has 1 aliphatic rings. The van der Waals surface area contributed by atoms with Crippen molar-refractivity contribution in [1.82, 2.24) is 4.98 Å². The van der Waals surface area contributed by atoms with Gasteiger partial charge in [0.25, 0.3) is 0 Å². The number of carbonyl (C=O) groups is 1. The van der Waals surface area contributed by atoms with Crippen LogP contribution in [0, 0.1) is 5.41 Å². The maximum absolute atomic E-state index is 12.7. The molecule has 6 heteroatoms. The standard InChI is InChI=1S/C12H14FNO4/c1-17-9-4-8(11(15)16)14-5-10(9)18-7-12(6-13)2-3-12/h4-5H,2-3,6-7H2,1H3,(H,15,16). The number of nitrogens with zero attached hydrogens (tertiary/aromatic N) is 1. The third-order valence-corrected chi connectivity index (χ3v) is 3.05. The van der Waals surface area contributed by atoms with Gasteiger partial charge >= 0.3 is 5.97 Å². The number of aromatic nitrogens is 1. The Morgan fingerprint density at radius 3 is 2.78 bits per heavy atom. The molecule has 1 aromatic heterocycles. The predicted octanol–water partition coefficient (Wildman–Crippen LogP) is 1.92. The average Bonchev–Trinajstić information content (AvgIpc) is 3.16. The van der Waals surface area contributed by atoms with Gasteiger partial charge in [-0.3, -0.25) is 4.39 Å². The smallest absolute Gasteiger partial charge is 0.354 e. The lowest BCUT2D eigenvalue weighted by atomic mass is 10.1. The van der Waals surface area contributed by atoms with E-state index in [1.54, 1.807) is 0 Å². The molecule has 1 N–H and O–H groups in total. The van der Waals surface area contributed by atoms with Gasteiger partial charge < -0.3 is 14.6 Å². The highest BCUT2D eigenvalue weighted by Crippen LogP contribution is 2.46. The number of alkyl halides is 1. The van der Waals surface area contributed by atoms with Crippen molar-refractivity contribution in [2.75, 3.05) is 20.4 Å². The van der Waals surface area contributed by atoms with Crippen molar-refractivity contribution >= 4 is 5.97 Å². The first-order chi connectivity index (χ1) is 8.60. The van der Waals surface area contributed by atoms with Crippen LogP contribution >= 0.6 is 0 Å². The van der Waals surface area contributed by atoms with Crippen LogP contribution in [0.4, 0.5) is 4.39 Å². The molecular weight excluding hydrogens is 241 g/mol. The van der Waals surface area contributed by atoms with Crippen LogP contribution in [0.25, 0.3) is 0 Å². The normalized spacial score (nSPS) is 16.1. The summed E-state index contributed by atoms with van der Waals surface area (Å²) < 4.78 is 23.2. The van der Waals surface area contributed by atoms with Crippen LogP contribution in [0.15, 0.2) is 12.3 Å². The largest absolute Gasteiger partial charge is 0.493 e. The van der Waals surface area contributed by atoms with Crippen molar-refractivity contribution in [3.63, 3.8) is 0 Å². The quantitative estimate of drug-likeness (QED) is 0.841. The van der Waals surface area contributed by atoms with E-state index < -0.39 is 12.6 Å². The summed E-state index contributed by atoms with van der Waals surface area (Å²) in [4.78, 5) is 14.5. The van der Waals surface area contributed by atoms with Gasteiger partial charge in [0.15, 0.2) is 17.2 Å². The highest BCUT2D eigenvalue weighted by atomic mass is 19.1. The van der Waals surface area contributed by atoms with Crippen LogP contribution in [-0.2, 0) is 0 Å². The van der Waals surface area contributed by atoms with Gasteiger partial charge in [0.1, 0.15) is 0 Å². The fourth-order valence-electron chi connectivity index (χ4n) is 1.53. The summed E-state index contributed by atoms with van der Waals surface area (Å²) >= 11 is 0. The Hall–Kier alpha value is -1.85. The van der Waals surface area contributed by atoms with Crippen LogP contribution in [-0.4, -0.2) is 36.5 Å². The van der Waals surface area contributed by atoms with Gasteiger partial charge in [-0.05, 0) is 12.8 Å². The number of carboxylic acid groups (broad SMARTS) is 1. The van der Waals surface area contributed by atoms with Crippen molar-refractivity contribution in [3.05, 3.63) is 18.0 Å². The number of ether oxygens (including phenoxy) is 2. The fraction of sp³-hybridized carbons (Fsp3) is 0.500. The van der Waals surface area contributed by atoms with Crippen molar-refractivity contribution in [3.8, 4) is 11.5 Å². The summed E-state index contributed by atoms with van der Waals surface area (Å²) in [6.07, 6.45) is 2.91. The minimum Gasteiger partial charge on any atom is -0.493 e. The van der Waals surface area contributed by atoms with Gasteiger partial charge in [0, 0.05) is 11.5 Å². The molecule has 0 bridgehead atoms. The van der Waals surface area contributed by atoms with Crippen LogP contribution in [0.5, 0.6) is 11.5 Å². The Balaban J connectivity index is 2.10. The third-order valence-electron chi connectivity index (χ3n) is 3.05. The Kier molecular flexibility index (Phi) is 3.36. The van der Waals surface area contributed by atoms with Crippen LogP contribution in [0.1, 0.15) is 23.3 Å². The predicted molar refractivity (Wildman–Crippen MR) is 60.9 cm³/mol. The summed E-state index contributed by atoms with van der Waals surface area (Å²) in [5, 5.41) is 8.79. The zero-order valence-electron chi connectivity index (χ0n) is 9.98. The number of hydrogen-bond acceptors (Lipinski definition) is 4. The lowest BCUT2D eigenvalue weighted by Gasteiger charge is -2.14. The molecule has 2 rings (SSSR count). The first kappa shape index (κ1) is 12.6. The molecule has 98 valence electrons.